The van der Waals surface area contributed by atoms with Crippen LogP contribution in [-0.2, 0) is 0 Å². The minimum Gasteiger partial charge on any atom is -0.367 e. The van der Waals surface area contributed by atoms with E-state index in [1.165, 1.54) is 17.1 Å². The van der Waals surface area contributed by atoms with E-state index < -0.39 is 0 Å². The average molecular weight is 232 g/mol. The van der Waals surface area contributed by atoms with Crippen molar-refractivity contribution in [3.63, 3.8) is 0 Å². The maximum absolute atomic E-state index is 5.77. The summed E-state index contributed by atoms with van der Waals surface area (Å²) in [5.74, 6) is 3.44. The molecule has 3 nitrogen and oxygen atoms in total. The maximum atomic E-state index is 5.77. The van der Waals surface area contributed by atoms with Gasteiger partial charge in [0, 0.05) is 17.4 Å². The first kappa shape index (κ1) is 9.78. The van der Waals surface area contributed by atoms with Gasteiger partial charge in [-0.05, 0) is 11.1 Å². The third kappa shape index (κ3) is 1.50. The lowest BCUT2D eigenvalue weighted by atomic mass is 9.93. The molecule has 1 aromatic heterocycles. The highest BCUT2D eigenvalue weighted by molar-refractivity contribution is 8.00. The van der Waals surface area contributed by atoms with Crippen molar-refractivity contribution >= 4 is 17.6 Å². The van der Waals surface area contributed by atoms with E-state index in [1.807, 2.05) is 17.8 Å². The molecule has 0 amide bonds. The Kier molecular flexibility index (Phi) is 2.36. The van der Waals surface area contributed by atoms with Crippen molar-refractivity contribution < 1.29 is 4.52 Å². The summed E-state index contributed by atoms with van der Waals surface area (Å²) in [5.41, 5.74) is 9.19. The van der Waals surface area contributed by atoms with E-state index in [9.17, 15) is 0 Å². The Morgan fingerprint density at radius 2 is 2.06 bits per heavy atom. The van der Waals surface area contributed by atoms with Crippen molar-refractivity contribution in [1.82, 2.24) is 5.16 Å². The molecule has 16 heavy (non-hydrogen) atoms. The number of nitrogens with two attached hydrogens (primary N) is 1. The van der Waals surface area contributed by atoms with Crippen LogP contribution in [0.5, 0.6) is 0 Å². The van der Waals surface area contributed by atoms with Gasteiger partial charge in [0.05, 0.1) is 11.8 Å². The van der Waals surface area contributed by atoms with Crippen LogP contribution in [0.4, 0.5) is 5.88 Å². The van der Waals surface area contributed by atoms with Crippen molar-refractivity contribution in [2.45, 2.75) is 5.92 Å². The molecular weight excluding hydrogens is 220 g/mol. The highest BCUT2D eigenvalue weighted by Gasteiger charge is 2.24. The number of nitrogens with zero attached hydrogens (tertiary/aromatic N) is 1. The van der Waals surface area contributed by atoms with Gasteiger partial charge in [0.15, 0.2) is 0 Å². The third-order valence-electron chi connectivity index (χ3n) is 2.93. The van der Waals surface area contributed by atoms with Crippen LogP contribution in [0.15, 0.2) is 35.0 Å². The van der Waals surface area contributed by atoms with Gasteiger partial charge < -0.3 is 10.3 Å². The number of thioether (sulfide) groups is 1. The molecule has 2 aromatic rings. The van der Waals surface area contributed by atoms with Gasteiger partial charge in [0.2, 0.25) is 5.88 Å². The largest absolute Gasteiger partial charge is 0.367 e. The molecule has 1 aliphatic heterocycles. The van der Waals surface area contributed by atoms with Gasteiger partial charge in [0.25, 0.3) is 0 Å². The minimum atomic E-state index is 0.402. The van der Waals surface area contributed by atoms with E-state index in [0.29, 0.717) is 11.8 Å². The number of benzene rings is 1. The van der Waals surface area contributed by atoms with E-state index in [4.69, 9.17) is 10.3 Å². The Bertz CT molecular complexity index is 505. The van der Waals surface area contributed by atoms with E-state index >= 15 is 0 Å². The Labute approximate surface area is 98.0 Å². The molecule has 0 radical (unpaired) electrons. The zero-order valence-electron chi connectivity index (χ0n) is 8.72. The molecule has 0 bridgehead atoms. The van der Waals surface area contributed by atoms with E-state index in [0.717, 1.165) is 11.1 Å². The lowest BCUT2D eigenvalue weighted by Gasteiger charge is -2.27. The molecule has 82 valence electrons. The predicted octanol–water partition coefficient (Wildman–Crippen LogP) is 2.75. The van der Waals surface area contributed by atoms with Crippen LogP contribution in [0.1, 0.15) is 11.5 Å². The van der Waals surface area contributed by atoms with Crippen LogP contribution in [-0.4, -0.2) is 16.7 Å². The van der Waals surface area contributed by atoms with Crippen LogP contribution in [0.2, 0.25) is 0 Å². The zero-order valence-corrected chi connectivity index (χ0v) is 9.54. The van der Waals surface area contributed by atoms with Crippen LogP contribution in [0, 0.1) is 0 Å². The molecule has 0 spiro atoms. The van der Waals surface area contributed by atoms with Crippen molar-refractivity contribution in [2.75, 3.05) is 17.2 Å². The van der Waals surface area contributed by atoms with Gasteiger partial charge in [-0.1, -0.05) is 29.4 Å². The monoisotopic (exact) mass is 232 g/mol. The highest BCUT2D eigenvalue weighted by Crippen LogP contribution is 2.40. The first-order chi connectivity index (χ1) is 7.86. The van der Waals surface area contributed by atoms with Gasteiger partial charge in [-0.2, -0.15) is 11.8 Å². The Balaban J connectivity index is 2.09. The number of hydrogen-bond acceptors (Lipinski definition) is 4. The maximum Gasteiger partial charge on any atom is 0.229 e. The molecule has 0 aliphatic carbocycles. The summed E-state index contributed by atoms with van der Waals surface area (Å²) in [4.78, 5) is 0. The van der Waals surface area contributed by atoms with Crippen molar-refractivity contribution in [3.8, 4) is 11.1 Å². The normalized spacial score (nSPS) is 16.0. The molecule has 4 heteroatoms. The summed E-state index contributed by atoms with van der Waals surface area (Å²) >= 11 is 1.98. The van der Waals surface area contributed by atoms with Gasteiger partial charge >= 0.3 is 0 Å². The summed E-state index contributed by atoms with van der Waals surface area (Å²) in [7, 11) is 0. The van der Waals surface area contributed by atoms with Crippen molar-refractivity contribution in [1.29, 1.82) is 0 Å². The molecule has 0 saturated carbocycles. The van der Waals surface area contributed by atoms with Crippen LogP contribution >= 0.6 is 11.8 Å². The smallest absolute Gasteiger partial charge is 0.229 e. The van der Waals surface area contributed by atoms with Gasteiger partial charge in [0.1, 0.15) is 0 Å². The quantitative estimate of drug-likeness (QED) is 0.865. The predicted molar refractivity (Wildman–Crippen MR) is 66.4 cm³/mol. The average Bonchev–Trinajstić information content (AvgIpc) is 2.63. The molecule has 1 saturated heterocycles. The van der Waals surface area contributed by atoms with Gasteiger partial charge in [-0.3, -0.25) is 0 Å². The van der Waals surface area contributed by atoms with Crippen LogP contribution in [0.3, 0.4) is 0 Å². The summed E-state index contributed by atoms with van der Waals surface area (Å²) < 4.78 is 4.93. The fourth-order valence-electron chi connectivity index (χ4n) is 1.96. The number of rotatable bonds is 2. The molecule has 2 N–H and O–H groups in total. The molecule has 3 rings (SSSR count). The van der Waals surface area contributed by atoms with Crippen molar-refractivity contribution in [2.24, 2.45) is 0 Å². The highest BCUT2D eigenvalue weighted by atomic mass is 32.2. The van der Waals surface area contributed by atoms with Gasteiger partial charge in [-0.25, -0.2) is 0 Å². The second-order valence-corrected chi connectivity index (χ2v) is 5.00. The zero-order chi connectivity index (χ0) is 11.0. The lowest BCUT2D eigenvalue weighted by molar-refractivity contribution is 0.436. The Morgan fingerprint density at radius 1 is 1.25 bits per heavy atom. The second-order valence-electron chi connectivity index (χ2n) is 3.93. The first-order valence-corrected chi connectivity index (χ1v) is 6.39. The number of hydrogen-bond donors (Lipinski definition) is 1. The van der Waals surface area contributed by atoms with Gasteiger partial charge in [-0.15, -0.1) is 0 Å². The summed E-state index contributed by atoms with van der Waals surface area (Å²) in [6, 6.07) is 8.36. The minimum absolute atomic E-state index is 0.402. The molecule has 2 heterocycles. The SMILES string of the molecule is Nc1oncc1-c1ccccc1C1CSC1. The van der Waals surface area contributed by atoms with E-state index in [1.54, 1.807) is 6.20 Å². The van der Waals surface area contributed by atoms with E-state index in [-0.39, 0.29) is 0 Å². The Morgan fingerprint density at radius 3 is 2.69 bits per heavy atom. The summed E-state index contributed by atoms with van der Waals surface area (Å²) in [5, 5.41) is 3.74. The molecule has 1 fully saturated rings. The first-order valence-electron chi connectivity index (χ1n) is 5.23. The summed E-state index contributed by atoms with van der Waals surface area (Å²) in [6.07, 6.45) is 1.69. The number of aromatic nitrogens is 1. The molecule has 0 atom stereocenters. The van der Waals surface area contributed by atoms with E-state index in [2.05, 4.69) is 23.4 Å². The fraction of sp³-hybridized carbons (Fsp3) is 0.250. The third-order valence-corrected chi connectivity index (χ3v) is 4.20. The molecular formula is C12H12N2OS. The topological polar surface area (TPSA) is 52.0 Å². The Hall–Kier alpha value is -1.42. The standard InChI is InChI=1S/C12H12N2OS/c13-12-11(5-14-15-12)10-4-2-1-3-9(10)8-6-16-7-8/h1-5,8H,6-7,13H2. The number of nitrogen functional groups attached to an aromatic ring is 1. The molecule has 1 aliphatic rings. The van der Waals surface area contributed by atoms with Crippen molar-refractivity contribution in [3.05, 3.63) is 36.0 Å². The molecule has 0 unspecified atom stereocenters. The van der Waals surface area contributed by atoms with Crippen LogP contribution in [0.25, 0.3) is 11.1 Å². The lowest BCUT2D eigenvalue weighted by Crippen LogP contribution is -2.16. The number of anilines is 1. The fourth-order valence-corrected chi connectivity index (χ4v) is 2.79. The molecule has 1 aromatic carbocycles. The second kappa shape index (κ2) is 3.87. The van der Waals surface area contributed by atoms with Crippen LogP contribution < -0.4 is 5.73 Å². The summed E-state index contributed by atoms with van der Waals surface area (Å²) in [6.45, 7) is 0.